The van der Waals surface area contributed by atoms with E-state index in [0.29, 0.717) is 11.8 Å². The zero-order valence-corrected chi connectivity index (χ0v) is 14.2. The monoisotopic (exact) mass is 328 g/mol. The number of hydrogen-bond donors (Lipinski definition) is 2. The van der Waals surface area contributed by atoms with E-state index in [1.165, 1.54) is 11.1 Å². The van der Waals surface area contributed by atoms with Crippen molar-refractivity contribution in [1.29, 1.82) is 0 Å². The summed E-state index contributed by atoms with van der Waals surface area (Å²) in [5.74, 6) is 1.23. The molecule has 1 aliphatic rings. The van der Waals surface area contributed by atoms with Gasteiger partial charge in [0.15, 0.2) is 5.82 Å². The Morgan fingerprint density at radius 3 is 2.88 bits per heavy atom. The fourth-order valence-electron chi connectivity index (χ4n) is 2.61. The minimum absolute atomic E-state index is 0.540. The first-order valence-corrected chi connectivity index (χ1v) is 8.29. The third-order valence-electron chi connectivity index (χ3n) is 4.24. The molecular formula is C17H24N6O. The summed E-state index contributed by atoms with van der Waals surface area (Å²) in [6.45, 7) is 9.51. The molecule has 1 saturated heterocycles. The average Bonchev–Trinajstić information content (AvgIpc) is 2.60. The highest BCUT2D eigenvalue weighted by Crippen LogP contribution is 2.21. The molecule has 1 fully saturated rings. The van der Waals surface area contributed by atoms with Gasteiger partial charge in [0.25, 0.3) is 0 Å². The SMILES string of the molecule is Cc1cccc(Nc2cnnc(NCCN3CCOCC3)n2)c1C. The van der Waals surface area contributed by atoms with E-state index in [1.54, 1.807) is 6.20 Å². The lowest BCUT2D eigenvalue weighted by molar-refractivity contribution is 0.0398. The molecule has 2 N–H and O–H groups in total. The Morgan fingerprint density at radius 1 is 1.21 bits per heavy atom. The lowest BCUT2D eigenvalue weighted by Gasteiger charge is -2.26. The van der Waals surface area contributed by atoms with Crippen molar-refractivity contribution in [2.45, 2.75) is 13.8 Å². The fraction of sp³-hybridized carbons (Fsp3) is 0.471. The molecule has 1 aromatic carbocycles. The Kier molecular flexibility index (Phi) is 5.55. The smallest absolute Gasteiger partial charge is 0.244 e. The van der Waals surface area contributed by atoms with Crippen molar-refractivity contribution < 1.29 is 4.74 Å². The van der Waals surface area contributed by atoms with E-state index in [2.05, 4.69) is 50.6 Å². The summed E-state index contributed by atoms with van der Waals surface area (Å²) in [5.41, 5.74) is 3.48. The number of benzene rings is 1. The summed E-state index contributed by atoms with van der Waals surface area (Å²) in [6.07, 6.45) is 1.63. The number of nitrogens with one attached hydrogen (secondary N) is 2. The third kappa shape index (κ3) is 4.39. The van der Waals surface area contributed by atoms with Crippen LogP contribution in [0.5, 0.6) is 0 Å². The molecule has 7 heteroatoms. The van der Waals surface area contributed by atoms with E-state index in [4.69, 9.17) is 4.74 Å². The molecule has 3 rings (SSSR count). The van der Waals surface area contributed by atoms with Crippen LogP contribution in [0, 0.1) is 13.8 Å². The van der Waals surface area contributed by atoms with Gasteiger partial charge < -0.3 is 15.4 Å². The van der Waals surface area contributed by atoms with Crippen LogP contribution in [0.1, 0.15) is 11.1 Å². The van der Waals surface area contributed by atoms with Crippen LogP contribution in [0.25, 0.3) is 0 Å². The molecule has 7 nitrogen and oxygen atoms in total. The summed E-state index contributed by atoms with van der Waals surface area (Å²) in [5, 5.41) is 14.6. The lowest BCUT2D eigenvalue weighted by atomic mass is 10.1. The van der Waals surface area contributed by atoms with Crippen LogP contribution in [0.3, 0.4) is 0 Å². The topological polar surface area (TPSA) is 75.2 Å². The normalized spacial score (nSPS) is 15.2. The Labute approximate surface area is 142 Å². The molecule has 2 heterocycles. The van der Waals surface area contributed by atoms with Gasteiger partial charge >= 0.3 is 0 Å². The highest BCUT2D eigenvalue weighted by Gasteiger charge is 2.10. The number of aromatic nitrogens is 3. The van der Waals surface area contributed by atoms with Crippen LogP contribution in [-0.2, 0) is 4.74 Å². The first-order chi connectivity index (χ1) is 11.7. The highest BCUT2D eigenvalue weighted by atomic mass is 16.5. The number of morpholine rings is 1. The van der Waals surface area contributed by atoms with Gasteiger partial charge in [0, 0.05) is 31.9 Å². The summed E-state index contributed by atoms with van der Waals surface area (Å²) in [4.78, 5) is 6.85. The second kappa shape index (κ2) is 8.03. The van der Waals surface area contributed by atoms with Crippen LogP contribution in [0.15, 0.2) is 24.4 Å². The van der Waals surface area contributed by atoms with Crippen molar-refractivity contribution in [3.63, 3.8) is 0 Å². The number of rotatable bonds is 6. The molecule has 0 aliphatic carbocycles. The zero-order chi connectivity index (χ0) is 16.8. The molecule has 0 atom stereocenters. The van der Waals surface area contributed by atoms with Crippen LogP contribution in [-0.4, -0.2) is 59.5 Å². The highest BCUT2D eigenvalue weighted by molar-refractivity contribution is 5.61. The van der Waals surface area contributed by atoms with Gasteiger partial charge in [0.1, 0.15) is 0 Å². The van der Waals surface area contributed by atoms with E-state index >= 15 is 0 Å². The van der Waals surface area contributed by atoms with Crippen molar-refractivity contribution in [1.82, 2.24) is 20.1 Å². The molecule has 0 amide bonds. The quantitative estimate of drug-likeness (QED) is 0.839. The summed E-state index contributed by atoms with van der Waals surface area (Å²) < 4.78 is 5.35. The maximum absolute atomic E-state index is 5.35. The molecule has 1 aromatic heterocycles. The first-order valence-electron chi connectivity index (χ1n) is 8.29. The van der Waals surface area contributed by atoms with Crippen LogP contribution in [0.2, 0.25) is 0 Å². The van der Waals surface area contributed by atoms with E-state index in [9.17, 15) is 0 Å². The molecule has 0 unspecified atom stereocenters. The molecule has 1 aliphatic heterocycles. The van der Waals surface area contributed by atoms with E-state index in [-0.39, 0.29) is 0 Å². The maximum atomic E-state index is 5.35. The van der Waals surface area contributed by atoms with Crippen LogP contribution < -0.4 is 10.6 Å². The maximum Gasteiger partial charge on any atom is 0.244 e. The van der Waals surface area contributed by atoms with Gasteiger partial charge in [-0.1, -0.05) is 12.1 Å². The molecule has 0 saturated carbocycles. The molecular weight excluding hydrogens is 304 g/mol. The van der Waals surface area contributed by atoms with Crippen molar-refractivity contribution in [3.8, 4) is 0 Å². The minimum atomic E-state index is 0.540. The number of nitrogens with zero attached hydrogens (tertiary/aromatic N) is 4. The van der Waals surface area contributed by atoms with Crippen LogP contribution in [0.4, 0.5) is 17.5 Å². The Balaban J connectivity index is 1.56. The molecule has 0 bridgehead atoms. The fourth-order valence-corrected chi connectivity index (χ4v) is 2.61. The van der Waals surface area contributed by atoms with Gasteiger partial charge in [-0.25, -0.2) is 0 Å². The third-order valence-corrected chi connectivity index (χ3v) is 4.24. The van der Waals surface area contributed by atoms with Crippen molar-refractivity contribution in [2.75, 3.05) is 50.0 Å². The molecule has 2 aromatic rings. The van der Waals surface area contributed by atoms with Crippen LogP contribution >= 0.6 is 0 Å². The number of aryl methyl sites for hydroxylation is 1. The standard InChI is InChI=1S/C17H24N6O/c1-13-4-3-5-15(14(13)2)20-16-12-19-22-17(21-16)18-6-7-23-8-10-24-11-9-23/h3-5,12H,6-11H2,1-2H3,(H2,18,20,21,22). The van der Waals surface area contributed by atoms with E-state index in [0.717, 1.165) is 45.1 Å². The van der Waals surface area contributed by atoms with Crippen molar-refractivity contribution >= 4 is 17.5 Å². The van der Waals surface area contributed by atoms with E-state index in [1.807, 2.05) is 12.1 Å². The van der Waals surface area contributed by atoms with Gasteiger partial charge in [0.05, 0.1) is 19.4 Å². The van der Waals surface area contributed by atoms with Crippen molar-refractivity contribution in [3.05, 3.63) is 35.5 Å². The average molecular weight is 328 g/mol. The van der Waals surface area contributed by atoms with Gasteiger partial charge in [-0.05, 0) is 31.0 Å². The minimum Gasteiger partial charge on any atom is -0.379 e. The molecule has 0 spiro atoms. The Hall–Kier alpha value is -2.25. The number of hydrogen-bond acceptors (Lipinski definition) is 7. The number of ether oxygens (including phenoxy) is 1. The Bertz CT molecular complexity index is 672. The molecule has 0 radical (unpaired) electrons. The van der Waals surface area contributed by atoms with Crippen molar-refractivity contribution in [2.24, 2.45) is 0 Å². The largest absolute Gasteiger partial charge is 0.379 e. The van der Waals surface area contributed by atoms with Gasteiger partial charge in [0.2, 0.25) is 5.95 Å². The predicted molar refractivity (Wildman–Crippen MR) is 94.8 cm³/mol. The summed E-state index contributed by atoms with van der Waals surface area (Å²) >= 11 is 0. The van der Waals surface area contributed by atoms with Gasteiger partial charge in [-0.15, -0.1) is 5.10 Å². The second-order valence-corrected chi connectivity index (χ2v) is 5.92. The first kappa shape index (κ1) is 16.6. The van der Waals surface area contributed by atoms with Gasteiger partial charge in [-0.3, -0.25) is 4.90 Å². The summed E-state index contributed by atoms with van der Waals surface area (Å²) in [7, 11) is 0. The molecule has 24 heavy (non-hydrogen) atoms. The molecule has 128 valence electrons. The predicted octanol–water partition coefficient (Wildman–Crippen LogP) is 1.98. The second-order valence-electron chi connectivity index (χ2n) is 5.92. The van der Waals surface area contributed by atoms with Gasteiger partial charge in [-0.2, -0.15) is 10.1 Å². The Morgan fingerprint density at radius 2 is 2.04 bits per heavy atom. The van der Waals surface area contributed by atoms with E-state index < -0.39 is 0 Å². The number of anilines is 3. The zero-order valence-electron chi connectivity index (χ0n) is 14.2. The summed E-state index contributed by atoms with van der Waals surface area (Å²) in [6, 6.07) is 6.16. The lowest BCUT2D eigenvalue weighted by Crippen LogP contribution is -2.39.